The molecule has 0 saturated carbocycles. The first-order chi connectivity index (χ1) is 13.0. The van der Waals surface area contributed by atoms with Crippen molar-refractivity contribution in [3.8, 4) is 10.7 Å². The van der Waals surface area contributed by atoms with Gasteiger partial charge in [-0.2, -0.15) is 0 Å². The predicted octanol–water partition coefficient (Wildman–Crippen LogP) is 3.95. The van der Waals surface area contributed by atoms with Crippen LogP contribution in [0.25, 0.3) is 10.7 Å². The van der Waals surface area contributed by atoms with Gasteiger partial charge in [-0.3, -0.25) is 9.69 Å². The molecule has 2 aromatic heterocycles. The smallest absolute Gasteiger partial charge is 0.322 e. The molecule has 7 nitrogen and oxygen atoms in total. The highest BCUT2D eigenvalue weighted by Crippen LogP contribution is 2.24. The van der Waals surface area contributed by atoms with E-state index in [-0.39, 0.29) is 12.5 Å². The van der Waals surface area contributed by atoms with Crippen LogP contribution in [0.15, 0.2) is 23.6 Å². The summed E-state index contributed by atoms with van der Waals surface area (Å²) in [5, 5.41) is 14.2. The molecule has 0 aliphatic rings. The first kappa shape index (κ1) is 20.8. The van der Waals surface area contributed by atoms with Crippen LogP contribution in [0, 0.1) is 0 Å². The standard InChI is InChI=1S/C19H26N4O3S/c1-3-4-5-6-12-20-19(26)23(2)16-9-7-8-15(22-16)18-21-14(13-27-18)10-11-17(24)25/h7-9,13H,3-6,10-12H2,1-2H3,(H,20,26)(H,24,25). The molecule has 0 aliphatic carbocycles. The van der Waals surface area contributed by atoms with Gasteiger partial charge in [0, 0.05) is 25.4 Å². The van der Waals surface area contributed by atoms with E-state index in [4.69, 9.17) is 5.11 Å². The number of rotatable bonds is 10. The Hall–Kier alpha value is -2.48. The molecule has 0 fully saturated rings. The molecule has 0 unspecified atom stereocenters. The van der Waals surface area contributed by atoms with E-state index in [1.807, 2.05) is 17.5 Å². The fourth-order valence-electron chi connectivity index (χ4n) is 2.47. The van der Waals surface area contributed by atoms with Gasteiger partial charge in [0.05, 0.1) is 12.1 Å². The van der Waals surface area contributed by atoms with E-state index in [1.54, 1.807) is 13.1 Å². The summed E-state index contributed by atoms with van der Waals surface area (Å²) in [6, 6.07) is 5.26. The van der Waals surface area contributed by atoms with E-state index >= 15 is 0 Å². The highest BCUT2D eigenvalue weighted by molar-refractivity contribution is 7.13. The van der Waals surface area contributed by atoms with Crippen LogP contribution in [0.5, 0.6) is 0 Å². The summed E-state index contributed by atoms with van der Waals surface area (Å²) in [7, 11) is 1.69. The van der Waals surface area contributed by atoms with Crippen LogP contribution in [0.4, 0.5) is 10.6 Å². The van der Waals surface area contributed by atoms with Crippen molar-refractivity contribution in [2.75, 3.05) is 18.5 Å². The third kappa shape index (κ3) is 6.63. The number of nitrogens with one attached hydrogen (secondary N) is 1. The van der Waals surface area contributed by atoms with Crippen molar-refractivity contribution >= 4 is 29.2 Å². The number of pyridine rings is 1. The zero-order valence-electron chi connectivity index (χ0n) is 15.8. The summed E-state index contributed by atoms with van der Waals surface area (Å²) in [5.74, 6) is -0.298. The number of hydrogen-bond donors (Lipinski definition) is 2. The lowest BCUT2D eigenvalue weighted by atomic mass is 10.2. The van der Waals surface area contributed by atoms with Gasteiger partial charge in [-0.25, -0.2) is 14.8 Å². The molecule has 0 aliphatic heterocycles. The third-order valence-electron chi connectivity index (χ3n) is 4.06. The largest absolute Gasteiger partial charge is 0.481 e. The Balaban J connectivity index is 1.97. The summed E-state index contributed by atoms with van der Waals surface area (Å²) in [6.07, 6.45) is 4.88. The number of aryl methyl sites for hydroxylation is 1. The molecule has 0 atom stereocenters. The highest BCUT2D eigenvalue weighted by Gasteiger charge is 2.14. The van der Waals surface area contributed by atoms with Crippen molar-refractivity contribution < 1.29 is 14.7 Å². The molecule has 0 radical (unpaired) electrons. The molecule has 27 heavy (non-hydrogen) atoms. The first-order valence-electron chi connectivity index (χ1n) is 9.16. The Bertz CT molecular complexity index is 763. The van der Waals surface area contributed by atoms with Gasteiger partial charge in [0.15, 0.2) is 0 Å². The molecular formula is C19H26N4O3S. The van der Waals surface area contributed by atoms with Crippen LogP contribution in [0.2, 0.25) is 0 Å². The SMILES string of the molecule is CCCCCCNC(=O)N(C)c1cccc(-c2nc(CCC(=O)O)cs2)n1. The van der Waals surface area contributed by atoms with Gasteiger partial charge in [0.2, 0.25) is 0 Å². The number of amides is 2. The second kappa shape index (κ2) is 10.6. The monoisotopic (exact) mass is 390 g/mol. The van der Waals surface area contributed by atoms with Crippen LogP contribution >= 0.6 is 11.3 Å². The highest BCUT2D eigenvalue weighted by atomic mass is 32.1. The minimum absolute atomic E-state index is 0.0534. The number of anilines is 1. The van der Waals surface area contributed by atoms with E-state index in [0.29, 0.717) is 29.5 Å². The zero-order chi connectivity index (χ0) is 19.6. The Morgan fingerprint density at radius 1 is 1.22 bits per heavy atom. The number of carbonyl (C=O) groups is 2. The molecule has 2 aromatic rings. The van der Waals surface area contributed by atoms with E-state index in [9.17, 15) is 9.59 Å². The third-order valence-corrected chi connectivity index (χ3v) is 4.97. The molecule has 2 rings (SSSR count). The average molecular weight is 391 g/mol. The number of carboxylic acid groups (broad SMARTS) is 1. The van der Waals surface area contributed by atoms with Crippen molar-refractivity contribution in [2.45, 2.75) is 45.4 Å². The van der Waals surface area contributed by atoms with Gasteiger partial charge in [0.25, 0.3) is 0 Å². The Morgan fingerprint density at radius 3 is 2.78 bits per heavy atom. The fourth-order valence-corrected chi connectivity index (χ4v) is 3.30. The number of urea groups is 1. The molecule has 0 spiro atoms. The molecule has 2 N–H and O–H groups in total. The number of thiazole rings is 1. The van der Waals surface area contributed by atoms with Gasteiger partial charge in [-0.05, 0) is 18.6 Å². The van der Waals surface area contributed by atoms with Crippen LogP contribution < -0.4 is 10.2 Å². The number of unbranched alkanes of at least 4 members (excludes halogenated alkanes) is 3. The van der Waals surface area contributed by atoms with Crippen LogP contribution in [0.1, 0.15) is 44.7 Å². The second-order valence-corrected chi connectivity index (χ2v) is 7.13. The van der Waals surface area contributed by atoms with Crippen molar-refractivity contribution in [1.82, 2.24) is 15.3 Å². The molecule has 2 amide bonds. The van der Waals surface area contributed by atoms with Gasteiger partial charge in [-0.1, -0.05) is 32.3 Å². The maximum absolute atomic E-state index is 12.3. The lowest BCUT2D eigenvalue weighted by Gasteiger charge is -2.17. The van der Waals surface area contributed by atoms with E-state index in [1.165, 1.54) is 29.1 Å². The van der Waals surface area contributed by atoms with Crippen molar-refractivity contribution in [3.05, 3.63) is 29.3 Å². The Morgan fingerprint density at radius 2 is 2.04 bits per heavy atom. The quantitative estimate of drug-likeness (QED) is 0.599. The van der Waals surface area contributed by atoms with Crippen molar-refractivity contribution in [2.24, 2.45) is 0 Å². The minimum atomic E-state index is -0.841. The normalized spacial score (nSPS) is 10.6. The van der Waals surface area contributed by atoms with Gasteiger partial charge in [0.1, 0.15) is 16.5 Å². The maximum Gasteiger partial charge on any atom is 0.322 e. The van der Waals surface area contributed by atoms with Crippen molar-refractivity contribution in [1.29, 1.82) is 0 Å². The topological polar surface area (TPSA) is 95.4 Å². The minimum Gasteiger partial charge on any atom is -0.481 e. The fraction of sp³-hybridized carbons (Fsp3) is 0.474. The van der Waals surface area contributed by atoms with E-state index in [2.05, 4.69) is 22.2 Å². The lowest BCUT2D eigenvalue weighted by Crippen LogP contribution is -2.38. The summed E-state index contributed by atoms with van der Waals surface area (Å²) in [6.45, 7) is 2.81. The summed E-state index contributed by atoms with van der Waals surface area (Å²) in [4.78, 5) is 33.4. The van der Waals surface area contributed by atoms with Gasteiger partial charge >= 0.3 is 12.0 Å². The van der Waals surface area contributed by atoms with Gasteiger partial charge < -0.3 is 10.4 Å². The number of aliphatic carboxylic acids is 1. The molecule has 146 valence electrons. The molecular weight excluding hydrogens is 364 g/mol. The number of carboxylic acids is 1. The number of aromatic nitrogens is 2. The zero-order valence-corrected chi connectivity index (χ0v) is 16.6. The summed E-state index contributed by atoms with van der Waals surface area (Å²) >= 11 is 1.42. The number of nitrogens with zero attached hydrogens (tertiary/aromatic N) is 3. The number of hydrogen-bond acceptors (Lipinski definition) is 5. The van der Waals surface area contributed by atoms with Crippen LogP contribution in [-0.2, 0) is 11.2 Å². The molecule has 0 bridgehead atoms. The first-order valence-corrected chi connectivity index (χ1v) is 10.0. The van der Waals surface area contributed by atoms with Crippen molar-refractivity contribution in [3.63, 3.8) is 0 Å². The van der Waals surface area contributed by atoms with E-state index < -0.39 is 5.97 Å². The average Bonchev–Trinajstić information content (AvgIpc) is 3.14. The predicted molar refractivity (Wildman–Crippen MR) is 107 cm³/mol. The Labute approximate surface area is 163 Å². The lowest BCUT2D eigenvalue weighted by molar-refractivity contribution is -0.136. The molecule has 0 saturated heterocycles. The van der Waals surface area contributed by atoms with Crippen LogP contribution in [0.3, 0.4) is 0 Å². The molecule has 8 heteroatoms. The van der Waals surface area contributed by atoms with Gasteiger partial charge in [-0.15, -0.1) is 11.3 Å². The molecule has 0 aromatic carbocycles. The number of carbonyl (C=O) groups excluding carboxylic acids is 1. The van der Waals surface area contributed by atoms with Crippen LogP contribution in [-0.4, -0.2) is 40.7 Å². The summed E-state index contributed by atoms with van der Waals surface area (Å²) in [5.41, 5.74) is 1.41. The maximum atomic E-state index is 12.3. The summed E-state index contributed by atoms with van der Waals surface area (Å²) < 4.78 is 0. The second-order valence-electron chi connectivity index (χ2n) is 6.27. The molecule has 2 heterocycles. The Kier molecular flexibility index (Phi) is 8.19. The van der Waals surface area contributed by atoms with E-state index in [0.717, 1.165) is 18.5 Å².